The average Bonchev–Trinajstić information content (AvgIpc) is 3.40. The molecule has 12 nitrogen and oxygen atoms in total. The number of hydrogen-bond acceptors (Lipinski definition) is 6. The van der Waals surface area contributed by atoms with Crippen LogP contribution >= 0.6 is 0 Å². The van der Waals surface area contributed by atoms with E-state index in [1.165, 1.54) is 34.7 Å². The first kappa shape index (κ1) is 64.5. The molecular weight excluding hydrogens is 793 g/mol. The minimum Gasteiger partial charge on any atom is -0.453 e. The zero-order chi connectivity index (χ0) is 48.1. The molecule has 6 aromatic rings. The number of rotatable bonds is 0. The highest BCUT2D eigenvalue weighted by Gasteiger charge is 1.86. The summed E-state index contributed by atoms with van der Waals surface area (Å²) in [6, 6.07) is 71.7. The quantitative estimate of drug-likeness (QED) is 0.0892. The molecule has 0 aliphatic heterocycles. The first-order valence-corrected chi connectivity index (χ1v) is 20.0. The third-order valence-electron chi connectivity index (χ3n) is 5.69. The molecule has 6 amide bonds. The fraction of sp³-hybridized carbons (Fsp3) is 0.216. The Kier molecular flexibility index (Phi) is 65.1. The molecule has 63 heavy (non-hydrogen) atoms. The summed E-state index contributed by atoms with van der Waals surface area (Å²) in [6.45, 7) is 4.25. The Labute approximate surface area is 378 Å². The molecule has 0 atom stereocenters. The molecular formula is C51H74N6O6. The maximum Gasteiger partial charge on any atom is 0.406 e. The van der Waals surface area contributed by atoms with Crippen molar-refractivity contribution in [2.75, 3.05) is 56.5 Å². The summed E-state index contributed by atoms with van der Waals surface area (Å²) in [4.78, 5) is 39.6. The van der Waals surface area contributed by atoms with Crippen LogP contribution in [0.15, 0.2) is 218 Å². The van der Waals surface area contributed by atoms with Crippen LogP contribution < -0.4 is 31.9 Å². The second kappa shape index (κ2) is 63.6. The standard InChI is InChI=1S/6C6H6.2C3H8N2O.2C3H7NO2.C3H8/c6*1-2-4-6-5-3-1;2*1-4-3(6)5-2;2*1-4-3(5)6-2;1-3-2/h6*1-6H;2*1-2H3,(H2,4,5,6);2*1-2H3,(H,4,5);3H2,1-2H3. The topological polar surface area (TPSA) is 159 Å². The fourth-order valence-electron chi connectivity index (χ4n) is 2.76. The van der Waals surface area contributed by atoms with E-state index in [2.05, 4.69) is 55.2 Å². The molecule has 12 heteroatoms. The van der Waals surface area contributed by atoms with Gasteiger partial charge in [0.15, 0.2) is 0 Å². The van der Waals surface area contributed by atoms with Crippen LogP contribution in [0.1, 0.15) is 20.3 Å². The van der Waals surface area contributed by atoms with Crippen molar-refractivity contribution in [1.82, 2.24) is 31.9 Å². The third kappa shape index (κ3) is 75.8. The molecule has 0 spiro atoms. The van der Waals surface area contributed by atoms with Crippen molar-refractivity contribution in [2.45, 2.75) is 20.3 Å². The summed E-state index contributed by atoms with van der Waals surface area (Å²) in [5.41, 5.74) is 0. The second-order valence-electron chi connectivity index (χ2n) is 10.8. The van der Waals surface area contributed by atoms with E-state index in [-0.39, 0.29) is 12.1 Å². The van der Waals surface area contributed by atoms with Crippen molar-refractivity contribution in [2.24, 2.45) is 0 Å². The van der Waals surface area contributed by atoms with Crippen molar-refractivity contribution >= 4 is 24.2 Å². The van der Waals surface area contributed by atoms with Crippen LogP contribution in [0.4, 0.5) is 19.2 Å². The first-order valence-electron chi connectivity index (χ1n) is 20.0. The lowest BCUT2D eigenvalue weighted by Crippen LogP contribution is -2.28. The van der Waals surface area contributed by atoms with E-state index in [0.29, 0.717) is 0 Å². The molecule has 344 valence electrons. The van der Waals surface area contributed by atoms with Gasteiger partial charge in [-0.25, -0.2) is 19.2 Å². The van der Waals surface area contributed by atoms with Crippen LogP contribution in [0.2, 0.25) is 0 Å². The lowest BCUT2D eigenvalue weighted by atomic mass is 10.4. The van der Waals surface area contributed by atoms with E-state index in [9.17, 15) is 19.2 Å². The second-order valence-corrected chi connectivity index (χ2v) is 10.8. The summed E-state index contributed by atoms with van der Waals surface area (Å²) >= 11 is 0. The number of urea groups is 2. The summed E-state index contributed by atoms with van der Waals surface area (Å²) < 4.78 is 8.30. The zero-order valence-corrected chi connectivity index (χ0v) is 38.9. The van der Waals surface area contributed by atoms with Gasteiger partial charge < -0.3 is 41.4 Å². The number of nitrogens with one attached hydrogen (secondary N) is 6. The predicted octanol–water partition coefficient (Wildman–Crippen LogP) is 10.6. The summed E-state index contributed by atoms with van der Waals surface area (Å²) in [6.07, 6.45) is 0.435. The molecule has 6 aromatic carbocycles. The number of carbonyl (C=O) groups excluding carboxylic acids is 4. The highest BCUT2D eigenvalue weighted by Crippen LogP contribution is 1.83. The van der Waals surface area contributed by atoms with Crippen molar-refractivity contribution in [3.63, 3.8) is 0 Å². The van der Waals surface area contributed by atoms with Crippen LogP contribution in [0.5, 0.6) is 0 Å². The molecule has 0 aliphatic carbocycles. The molecule has 6 rings (SSSR count). The Morgan fingerprint density at radius 1 is 0.270 bits per heavy atom. The van der Waals surface area contributed by atoms with Crippen molar-refractivity contribution in [3.05, 3.63) is 218 Å². The molecule has 0 aliphatic rings. The number of carbonyl (C=O) groups is 4. The van der Waals surface area contributed by atoms with Crippen molar-refractivity contribution < 1.29 is 28.7 Å². The summed E-state index contributed by atoms with van der Waals surface area (Å²) in [5.74, 6) is 0. The molecule has 0 saturated heterocycles. The van der Waals surface area contributed by atoms with Crippen LogP contribution in [-0.2, 0) is 9.47 Å². The van der Waals surface area contributed by atoms with E-state index in [1.807, 2.05) is 218 Å². The van der Waals surface area contributed by atoms with Gasteiger partial charge in [0.25, 0.3) is 0 Å². The van der Waals surface area contributed by atoms with E-state index >= 15 is 0 Å². The largest absolute Gasteiger partial charge is 0.453 e. The van der Waals surface area contributed by atoms with Gasteiger partial charge in [-0.15, -0.1) is 0 Å². The fourth-order valence-corrected chi connectivity index (χ4v) is 2.76. The normalized spacial score (nSPS) is 7.52. The average molecular weight is 867 g/mol. The molecule has 0 unspecified atom stereocenters. The molecule has 0 saturated carbocycles. The van der Waals surface area contributed by atoms with Gasteiger partial charge in [-0.2, -0.15) is 0 Å². The maximum absolute atomic E-state index is 9.96. The minimum absolute atomic E-state index is 0.157. The van der Waals surface area contributed by atoms with Gasteiger partial charge in [0.1, 0.15) is 0 Å². The Morgan fingerprint density at radius 3 is 0.381 bits per heavy atom. The van der Waals surface area contributed by atoms with Gasteiger partial charge in [-0.1, -0.05) is 239 Å². The molecule has 0 bridgehead atoms. The Hall–Kier alpha value is -7.60. The predicted molar refractivity (Wildman–Crippen MR) is 265 cm³/mol. The number of ether oxygens (including phenoxy) is 2. The van der Waals surface area contributed by atoms with Gasteiger partial charge in [0.05, 0.1) is 14.2 Å². The Balaban J connectivity index is -0.000000196. The number of amides is 6. The Morgan fingerprint density at radius 2 is 0.365 bits per heavy atom. The van der Waals surface area contributed by atoms with Gasteiger partial charge in [0.2, 0.25) is 0 Å². The summed E-state index contributed by atoms with van der Waals surface area (Å²) in [7, 11) is 11.9. The minimum atomic E-state index is -0.407. The van der Waals surface area contributed by atoms with Crippen LogP contribution in [0, 0.1) is 0 Å². The lowest BCUT2D eigenvalue weighted by molar-refractivity contribution is 0.172. The van der Waals surface area contributed by atoms with Crippen molar-refractivity contribution in [3.8, 4) is 0 Å². The zero-order valence-electron chi connectivity index (χ0n) is 38.9. The Bertz CT molecular complexity index is 1170. The number of methoxy groups -OCH3 is 2. The highest BCUT2D eigenvalue weighted by atomic mass is 16.5. The monoisotopic (exact) mass is 867 g/mol. The molecule has 0 fully saturated rings. The maximum atomic E-state index is 9.96. The highest BCUT2D eigenvalue weighted by molar-refractivity contribution is 5.73. The first-order chi connectivity index (χ1) is 30.6. The molecule has 0 heterocycles. The molecule has 0 radical (unpaired) electrons. The van der Waals surface area contributed by atoms with Crippen LogP contribution in [-0.4, -0.2) is 80.8 Å². The molecule has 0 aromatic heterocycles. The molecule has 6 N–H and O–H groups in total. The smallest absolute Gasteiger partial charge is 0.406 e. The number of hydrogen-bond donors (Lipinski definition) is 6. The van der Waals surface area contributed by atoms with E-state index in [1.54, 1.807) is 28.2 Å². The van der Waals surface area contributed by atoms with Gasteiger partial charge in [0, 0.05) is 42.3 Å². The van der Waals surface area contributed by atoms with Gasteiger partial charge in [-0.3, -0.25) is 0 Å². The number of alkyl carbamates (subject to hydrolysis) is 2. The number of benzene rings is 6. The van der Waals surface area contributed by atoms with E-state index in [4.69, 9.17) is 0 Å². The third-order valence-corrected chi connectivity index (χ3v) is 5.69. The summed E-state index contributed by atoms with van der Waals surface area (Å²) in [5, 5.41) is 14.0. The van der Waals surface area contributed by atoms with Crippen LogP contribution in [0.3, 0.4) is 0 Å². The lowest BCUT2D eigenvalue weighted by Gasteiger charge is -1.91. The van der Waals surface area contributed by atoms with Gasteiger partial charge in [-0.05, 0) is 0 Å². The van der Waals surface area contributed by atoms with Crippen molar-refractivity contribution in [1.29, 1.82) is 0 Å². The van der Waals surface area contributed by atoms with E-state index < -0.39 is 12.2 Å². The van der Waals surface area contributed by atoms with Crippen LogP contribution in [0.25, 0.3) is 0 Å². The SMILES string of the molecule is CCC.CNC(=O)NC.CNC(=O)NC.CNC(=O)OC.CNC(=O)OC.c1ccccc1.c1ccccc1.c1ccccc1.c1ccccc1.c1ccccc1.c1ccccc1. The van der Waals surface area contributed by atoms with E-state index in [0.717, 1.165) is 0 Å². The van der Waals surface area contributed by atoms with Gasteiger partial charge >= 0.3 is 24.2 Å².